The zero-order valence-electron chi connectivity index (χ0n) is 11.5. The van der Waals surface area contributed by atoms with E-state index in [-0.39, 0.29) is 0 Å². The minimum Gasteiger partial charge on any atom is -0.496 e. The van der Waals surface area contributed by atoms with E-state index in [9.17, 15) is 4.79 Å². The number of esters is 1. The van der Waals surface area contributed by atoms with Gasteiger partial charge in [0.05, 0.1) is 20.3 Å². The molecule has 0 bridgehead atoms. The Morgan fingerprint density at radius 1 is 1.00 bits per heavy atom. The molecular formula is C17H16O3. The van der Waals surface area contributed by atoms with Gasteiger partial charge in [-0.05, 0) is 28.5 Å². The fourth-order valence-corrected chi connectivity index (χ4v) is 1.84. The van der Waals surface area contributed by atoms with E-state index in [1.165, 1.54) is 31.1 Å². The first kappa shape index (κ1) is 13.9. The van der Waals surface area contributed by atoms with Gasteiger partial charge < -0.3 is 9.47 Å². The van der Waals surface area contributed by atoms with E-state index in [1.54, 1.807) is 6.08 Å². The summed E-state index contributed by atoms with van der Waals surface area (Å²) in [6.07, 6.45) is 4.93. The molecule has 0 heterocycles. The molecule has 0 aromatic heterocycles. The standard InChI is InChI=1S/C17H16O3/c1-19-16(12-17(18)20-2)10-8-13-7-9-14-5-3-4-6-15(14)11-13/h3-12H,1-2H3. The largest absolute Gasteiger partial charge is 0.496 e. The van der Waals surface area contributed by atoms with Crippen molar-refractivity contribution in [2.24, 2.45) is 0 Å². The molecule has 3 nitrogen and oxygen atoms in total. The molecule has 20 heavy (non-hydrogen) atoms. The summed E-state index contributed by atoms with van der Waals surface area (Å²) < 4.78 is 9.67. The van der Waals surface area contributed by atoms with E-state index in [4.69, 9.17) is 4.74 Å². The van der Waals surface area contributed by atoms with Crippen molar-refractivity contribution in [2.75, 3.05) is 14.2 Å². The first-order valence-electron chi connectivity index (χ1n) is 6.23. The predicted octanol–water partition coefficient (Wildman–Crippen LogP) is 3.56. The number of hydrogen-bond acceptors (Lipinski definition) is 3. The number of rotatable bonds is 4. The molecule has 0 spiro atoms. The summed E-state index contributed by atoms with van der Waals surface area (Å²) in [6, 6.07) is 14.3. The Labute approximate surface area is 118 Å². The van der Waals surface area contributed by atoms with Gasteiger partial charge in [-0.15, -0.1) is 0 Å². The summed E-state index contributed by atoms with van der Waals surface area (Å²) in [6.45, 7) is 0. The maximum atomic E-state index is 11.2. The number of carbonyl (C=O) groups is 1. The quantitative estimate of drug-likeness (QED) is 0.368. The number of ether oxygens (including phenoxy) is 2. The molecule has 2 aromatic rings. The Hall–Kier alpha value is -2.55. The second-order valence-corrected chi connectivity index (χ2v) is 4.21. The van der Waals surface area contributed by atoms with Crippen LogP contribution in [0.5, 0.6) is 0 Å². The molecule has 3 heteroatoms. The monoisotopic (exact) mass is 268 g/mol. The van der Waals surface area contributed by atoms with E-state index in [0.29, 0.717) is 5.76 Å². The maximum Gasteiger partial charge on any atom is 0.334 e. The lowest BCUT2D eigenvalue weighted by Gasteiger charge is -2.01. The van der Waals surface area contributed by atoms with Gasteiger partial charge in [-0.1, -0.05) is 42.5 Å². The number of fused-ring (bicyclic) bond motifs is 1. The average Bonchev–Trinajstić information content (AvgIpc) is 2.50. The van der Waals surface area contributed by atoms with Crippen LogP contribution in [0.25, 0.3) is 16.8 Å². The molecule has 0 aliphatic rings. The van der Waals surface area contributed by atoms with Gasteiger partial charge in [0.15, 0.2) is 0 Å². The summed E-state index contributed by atoms with van der Waals surface area (Å²) in [7, 11) is 2.85. The zero-order chi connectivity index (χ0) is 14.4. The second kappa shape index (κ2) is 6.57. The van der Waals surface area contributed by atoms with Gasteiger partial charge in [-0.3, -0.25) is 0 Å². The lowest BCUT2D eigenvalue weighted by molar-refractivity contribution is -0.135. The van der Waals surface area contributed by atoms with Crippen molar-refractivity contribution in [1.29, 1.82) is 0 Å². The third-order valence-electron chi connectivity index (χ3n) is 2.91. The maximum absolute atomic E-state index is 11.2. The highest BCUT2D eigenvalue weighted by molar-refractivity contribution is 5.85. The number of hydrogen-bond donors (Lipinski definition) is 0. The smallest absolute Gasteiger partial charge is 0.334 e. The molecule has 0 aliphatic carbocycles. The molecule has 2 rings (SSSR count). The lowest BCUT2D eigenvalue weighted by atomic mass is 10.1. The molecule has 0 radical (unpaired) electrons. The van der Waals surface area contributed by atoms with Gasteiger partial charge in [0, 0.05) is 0 Å². The van der Waals surface area contributed by atoms with Crippen molar-refractivity contribution >= 4 is 22.8 Å². The highest BCUT2D eigenvalue weighted by atomic mass is 16.5. The molecule has 0 fully saturated rings. The van der Waals surface area contributed by atoms with Gasteiger partial charge in [0.1, 0.15) is 5.76 Å². The van der Waals surface area contributed by atoms with Crippen LogP contribution >= 0.6 is 0 Å². The van der Waals surface area contributed by atoms with Crippen molar-refractivity contribution in [1.82, 2.24) is 0 Å². The molecule has 0 amide bonds. The fourth-order valence-electron chi connectivity index (χ4n) is 1.84. The molecule has 0 unspecified atom stereocenters. The molecule has 0 N–H and O–H groups in total. The van der Waals surface area contributed by atoms with Crippen LogP contribution < -0.4 is 0 Å². The van der Waals surface area contributed by atoms with E-state index in [0.717, 1.165) is 5.56 Å². The lowest BCUT2D eigenvalue weighted by Crippen LogP contribution is -1.97. The second-order valence-electron chi connectivity index (χ2n) is 4.21. The van der Waals surface area contributed by atoms with Crippen LogP contribution in [0.2, 0.25) is 0 Å². The van der Waals surface area contributed by atoms with E-state index in [2.05, 4.69) is 29.0 Å². The van der Waals surface area contributed by atoms with Crippen LogP contribution in [-0.4, -0.2) is 20.2 Å². The number of methoxy groups -OCH3 is 2. The third-order valence-corrected chi connectivity index (χ3v) is 2.91. The van der Waals surface area contributed by atoms with Crippen molar-refractivity contribution in [3.8, 4) is 0 Å². The SMILES string of the molecule is COC(=O)C=C(C=Cc1ccc2ccccc2c1)OC. The first-order valence-corrected chi connectivity index (χ1v) is 6.23. The predicted molar refractivity (Wildman–Crippen MR) is 80.1 cm³/mol. The number of allylic oxidation sites excluding steroid dienone is 1. The van der Waals surface area contributed by atoms with Crippen LogP contribution in [0.3, 0.4) is 0 Å². The summed E-state index contributed by atoms with van der Waals surface area (Å²) in [5.74, 6) is 0.00928. The normalized spacial score (nSPS) is 11.8. The van der Waals surface area contributed by atoms with Gasteiger partial charge in [-0.25, -0.2) is 4.79 Å². The summed E-state index contributed by atoms with van der Waals surface area (Å²) >= 11 is 0. The zero-order valence-corrected chi connectivity index (χ0v) is 11.5. The molecule has 0 aliphatic heterocycles. The highest BCUT2D eigenvalue weighted by Gasteiger charge is 1.98. The number of benzene rings is 2. The summed E-state index contributed by atoms with van der Waals surface area (Å²) in [5, 5.41) is 2.37. The summed E-state index contributed by atoms with van der Waals surface area (Å²) in [4.78, 5) is 11.2. The van der Waals surface area contributed by atoms with Crippen LogP contribution in [-0.2, 0) is 14.3 Å². The number of carbonyl (C=O) groups excluding carboxylic acids is 1. The van der Waals surface area contributed by atoms with E-state index < -0.39 is 5.97 Å². The first-order chi connectivity index (χ1) is 9.72. The molecule has 0 atom stereocenters. The van der Waals surface area contributed by atoms with Crippen molar-refractivity contribution in [3.63, 3.8) is 0 Å². The molecule has 0 saturated carbocycles. The minimum absolute atomic E-state index is 0.440. The van der Waals surface area contributed by atoms with E-state index in [1.807, 2.05) is 24.3 Å². The van der Waals surface area contributed by atoms with Gasteiger partial charge >= 0.3 is 5.97 Å². The third kappa shape index (κ3) is 3.48. The summed E-state index contributed by atoms with van der Waals surface area (Å²) in [5.41, 5.74) is 1.04. The van der Waals surface area contributed by atoms with Crippen LogP contribution in [0.15, 0.2) is 60.4 Å². The molecular weight excluding hydrogens is 252 g/mol. The molecule has 102 valence electrons. The Kier molecular flexibility index (Phi) is 4.56. The Balaban J connectivity index is 2.24. The Morgan fingerprint density at radius 2 is 1.75 bits per heavy atom. The van der Waals surface area contributed by atoms with Gasteiger partial charge in [0.2, 0.25) is 0 Å². The van der Waals surface area contributed by atoms with Crippen molar-refractivity contribution in [3.05, 3.63) is 65.9 Å². The van der Waals surface area contributed by atoms with Crippen molar-refractivity contribution < 1.29 is 14.3 Å². The molecule has 0 saturated heterocycles. The van der Waals surface area contributed by atoms with Crippen LogP contribution in [0.1, 0.15) is 5.56 Å². The topological polar surface area (TPSA) is 35.5 Å². The van der Waals surface area contributed by atoms with E-state index >= 15 is 0 Å². The van der Waals surface area contributed by atoms with Gasteiger partial charge in [-0.2, -0.15) is 0 Å². The van der Waals surface area contributed by atoms with Crippen molar-refractivity contribution in [2.45, 2.75) is 0 Å². The fraction of sp³-hybridized carbons (Fsp3) is 0.118. The minimum atomic E-state index is -0.440. The van der Waals surface area contributed by atoms with Crippen LogP contribution in [0.4, 0.5) is 0 Å². The van der Waals surface area contributed by atoms with Gasteiger partial charge in [0.25, 0.3) is 0 Å². The van der Waals surface area contributed by atoms with Crippen LogP contribution in [0, 0.1) is 0 Å². The molecule has 2 aromatic carbocycles. The Bertz CT molecular complexity index is 669. The highest BCUT2D eigenvalue weighted by Crippen LogP contribution is 2.17. The Morgan fingerprint density at radius 3 is 2.45 bits per heavy atom. The average molecular weight is 268 g/mol.